The van der Waals surface area contributed by atoms with Crippen molar-refractivity contribution in [1.82, 2.24) is 20.0 Å². The number of aryl methyl sites for hydroxylation is 1. The Morgan fingerprint density at radius 3 is 2.31 bits per heavy atom. The molecule has 4 aliphatic rings. The number of ether oxygens (including phenoxy) is 2. The van der Waals surface area contributed by atoms with Gasteiger partial charge in [-0.3, -0.25) is 4.79 Å². The predicted octanol–water partition coefficient (Wildman–Crippen LogP) is 2.21. The molecule has 4 heterocycles. The first-order chi connectivity index (χ1) is 16.6. The molecule has 0 bridgehead atoms. The molecule has 1 N–H and O–H groups in total. The van der Waals surface area contributed by atoms with Gasteiger partial charge in [0.25, 0.3) is 0 Å². The number of hydrogen-bond donors (Lipinski definition) is 1. The van der Waals surface area contributed by atoms with Gasteiger partial charge in [-0.15, -0.1) is 13.2 Å². The summed E-state index contributed by atoms with van der Waals surface area (Å²) in [6.07, 6.45) is -4.10. The Hall–Kier alpha value is -3.18. The standard InChI is InChI=1S/C23H27F3N4O5/c24-23(25,26)35-17-4-1-14(2-5-17)3-6-20(31)29-9-15-11-30(12-16(15)10-29)22(33)28-8-7-18-19(13-28)34-21(32)27-18/h1-2,4-5,15-16,18-19H,3,6-13H2,(H,27,32)/t15-,16-,18-,19-/m1/s1. The number of benzene rings is 1. The Bertz CT molecular complexity index is 974. The molecule has 5 rings (SSSR count). The SMILES string of the molecule is O=C1N[C@@H]2CCN(C(=O)N3C[C@H]4CN(C(=O)CCc5ccc(OC(F)(F)F)cc5)C[C@@H]4C3)C[C@H]2O1. The van der Waals surface area contributed by atoms with Crippen LogP contribution >= 0.6 is 0 Å². The third-order valence-corrected chi connectivity index (χ3v) is 7.29. The lowest BCUT2D eigenvalue weighted by molar-refractivity contribution is -0.274. The van der Waals surface area contributed by atoms with Gasteiger partial charge in [0.2, 0.25) is 5.91 Å². The lowest BCUT2D eigenvalue weighted by atomic mass is 10.0. The first-order valence-electron chi connectivity index (χ1n) is 11.8. The van der Waals surface area contributed by atoms with E-state index in [1.165, 1.54) is 24.3 Å². The van der Waals surface area contributed by atoms with Crippen LogP contribution in [0.15, 0.2) is 24.3 Å². The highest BCUT2D eigenvalue weighted by molar-refractivity contribution is 5.78. The van der Waals surface area contributed by atoms with Crippen LogP contribution in [0.3, 0.4) is 0 Å². The van der Waals surface area contributed by atoms with Gasteiger partial charge in [0.15, 0.2) is 0 Å². The van der Waals surface area contributed by atoms with Crippen LogP contribution in [0, 0.1) is 11.8 Å². The van der Waals surface area contributed by atoms with E-state index >= 15 is 0 Å². The summed E-state index contributed by atoms with van der Waals surface area (Å²) in [5, 5.41) is 2.77. The Morgan fingerprint density at radius 2 is 1.66 bits per heavy atom. The maximum absolute atomic E-state index is 13.0. The molecule has 0 radical (unpaired) electrons. The summed E-state index contributed by atoms with van der Waals surface area (Å²) in [6, 6.07) is 5.47. The maximum atomic E-state index is 13.0. The van der Waals surface area contributed by atoms with Crippen molar-refractivity contribution in [1.29, 1.82) is 0 Å². The number of alkyl carbamates (subject to hydrolysis) is 1. The van der Waals surface area contributed by atoms with Crippen molar-refractivity contribution in [2.45, 2.75) is 37.8 Å². The Labute approximate surface area is 200 Å². The van der Waals surface area contributed by atoms with Crippen molar-refractivity contribution in [3.8, 4) is 5.75 Å². The van der Waals surface area contributed by atoms with Gasteiger partial charge in [0.05, 0.1) is 12.6 Å². The van der Waals surface area contributed by atoms with Crippen LogP contribution in [0.2, 0.25) is 0 Å². The summed E-state index contributed by atoms with van der Waals surface area (Å²) in [5.74, 6) is 0.172. The molecule has 9 nitrogen and oxygen atoms in total. The van der Waals surface area contributed by atoms with Crippen LogP contribution in [0.25, 0.3) is 0 Å². The van der Waals surface area contributed by atoms with E-state index < -0.39 is 12.5 Å². The fourth-order valence-corrected chi connectivity index (χ4v) is 5.52. The van der Waals surface area contributed by atoms with E-state index in [2.05, 4.69) is 10.1 Å². The molecule has 12 heteroatoms. The van der Waals surface area contributed by atoms with E-state index in [9.17, 15) is 27.6 Å². The van der Waals surface area contributed by atoms with Crippen LogP contribution in [0.4, 0.5) is 22.8 Å². The average molecular weight is 496 g/mol. The van der Waals surface area contributed by atoms with E-state index in [-0.39, 0.29) is 48.1 Å². The highest BCUT2D eigenvalue weighted by atomic mass is 19.4. The monoisotopic (exact) mass is 496 g/mol. The van der Waals surface area contributed by atoms with E-state index in [4.69, 9.17) is 4.74 Å². The first kappa shape index (κ1) is 23.6. The molecule has 0 saturated carbocycles. The summed E-state index contributed by atoms with van der Waals surface area (Å²) in [4.78, 5) is 42.6. The molecule has 4 saturated heterocycles. The lowest BCUT2D eigenvalue weighted by Crippen LogP contribution is -2.53. The van der Waals surface area contributed by atoms with Crippen LogP contribution in [-0.4, -0.2) is 90.5 Å². The molecule has 0 spiro atoms. The second-order valence-corrected chi connectivity index (χ2v) is 9.63. The number of fused-ring (bicyclic) bond motifs is 2. The number of nitrogens with one attached hydrogen (secondary N) is 1. The molecule has 4 fully saturated rings. The zero-order valence-corrected chi connectivity index (χ0v) is 19.0. The van der Waals surface area contributed by atoms with Gasteiger partial charge in [-0.2, -0.15) is 0 Å². The fourth-order valence-electron chi connectivity index (χ4n) is 5.52. The largest absolute Gasteiger partial charge is 0.573 e. The van der Waals surface area contributed by atoms with Crippen molar-refractivity contribution >= 4 is 18.0 Å². The van der Waals surface area contributed by atoms with Gasteiger partial charge >= 0.3 is 18.5 Å². The van der Waals surface area contributed by atoms with Crippen LogP contribution in [-0.2, 0) is 16.0 Å². The van der Waals surface area contributed by atoms with Crippen LogP contribution in [0.5, 0.6) is 5.75 Å². The minimum absolute atomic E-state index is 0.00511. The number of amides is 4. The number of carbonyl (C=O) groups excluding carboxylic acids is 3. The minimum Gasteiger partial charge on any atom is -0.442 e. The normalized spacial score (nSPS) is 27.9. The van der Waals surface area contributed by atoms with Gasteiger partial charge in [-0.05, 0) is 30.5 Å². The molecular formula is C23H27F3N4O5. The zero-order valence-electron chi connectivity index (χ0n) is 19.0. The summed E-state index contributed by atoms with van der Waals surface area (Å²) in [6.45, 7) is 3.34. The van der Waals surface area contributed by atoms with Crippen molar-refractivity contribution in [2.75, 3.05) is 39.3 Å². The van der Waals surface area contributed by atoms with E-state index in [1.54, 1.807) is 4.90 Å². The molecule has 190 valence electrons. The third kappa shape index (κ3) is 5.25. The molecule has 35 heavy (non-hydrogen) atoms. The molecule has 4 aliphatic heterocycles. The number of halogens is 3. The van der Waals surface area contributed by atoms with E-state index in [0.717, 1.165) is 5.56 Å². The topological polar surface area (TPSA) is 91.4 Å². The first-order valence-corrected chi connectivity index (χ1v) is 11.8. The number of carbonyl (C=O) groups is 3. The Kier molecular flexibility index (Phi) is 6.14. The zero-order chi connectivity index (χ0) is 24.7. The number of likely N-dealkylation sites (tertiary alicyclic amines) is 3. The molecule has 0 aliphatic carbocycles. The quantitative estimate of drug-likeness (QED) is 0.691. The van der Waals surface area contributed by atoms with Gasteiger partial charge in [-0.25, -0.2) is 9.59 Å². The smallest absolute Gasteiger partial charge is 0.442 e. The van der Waals surface area contributed by atoms with Crippen molar-refractivity contribution in [2.24, 2.45) is 11.8 Å². The van der Waals surface area contributed by atoms with E-state index in [1.807, 2.05) is 9.80 Å². The maximum Gasteiger partial charge on any atom is 0.573 e. The molecule has 1 aromatic carbocycles. The lowest BCUT2D eigenvalue weighted by Gasteiger charge is -2.35. The van der Waals surface area contributed by atoms with E-state index in [0.29, 0.717) is 52.1 Å². The summed E-state index contributed by atoms with van der Waals surface area (Å²) >= 11 is 0. The highest BCUT2D eigenvalue weighted by Gasteiger charge is 2.46. The number of piperidine rings is 1. The number of rotatable bonds is 4. The van der Waals surface area contributed by atoms with Gasteiger partial charge in [0, 0.05) is 51.0 Å². The molecular weight excluding hydrogens is 469 g/mol. The number of nitrogens with zero attached hydrogens (tertiary/aromatic N) is 3. The number of alkyl halides is 3. The van der Waals surface area contributed by atoms with Crippen LogP contribution in [0.1, 0.15) is 18.4 Å². The molecule has 1 aromatic rings. The molecule has 0 unspecified atom stereocenters. The molecule has 0 aromatic heterocycles. The Balaban J connectivity index is 1.07. The second kappa shape index (κ2) is 9.12. The third-order valence-electron chi connectivity index (χ3n) is 7.29. The summed E-state index contributed by atoms with van der Waals surface area (Å²) in [7, 11) is 0. The number of hydrogen-bond acceptors (Lipinski definition) is 5. The van der Waals surface area contributed by atoms with Crippen molar-refractivity contribution in [3.05, 3.63) is 29.8 Å². The summed E-state index contributed by atoms with van der Waals surface area (Å²) < 4.78 is 45.9. The summed E-state index contributed by atoms with van der Waals surface area (Å²) in [5.41, 5.74) is 0.760. The predicted molar refractivity (Wildman–Crippen MR) is 115 cm³/mol. The molecule has 4 atom stereocenters. The minimum atomic E-state index is -4.73. The van der Waals surface area contributed by atoms with Gasteiger partial charge in [0.1, 0.15) is 11.9 Å². The second-order valence-electron chi connectivity index (χ2n) is 9.63. The average Bonchev–Trinajstić information content (AvgIpc) is 3.48. The van der Waals surface area contributed by atoms with Crippen molar-refractivity contribution < 1.29 is 37.0 Å². The molecule has 4 amide bonds. The van der Waals surface area contributed by atoms with Gasteiger partial charge < -0.3 is 29.5 Å². The van der Waals surface area contributed by atoms with Gasteiger partial charge in [-0.1, -0.05) is 12.1 Å². The Morgan fingerprint density at radius 1 is 1.00 bits per heavy atom. The number of urea groups is 1. The fraction of sp³-hybridized carbons (Fsp3) is 0.609. The highest BCUT2D eigenvalue weighted by Crippen LogP contribution is 2.33. The van der Waals surface area contributed by atoms with Crippen molar-refractivity contribution in [3.63, 3.8) is 0 Å². The van der Waals surface area contributed by atoms with Crippen LogP contribution < -0.4 is 10.1 Å².